The highest BCUT2D eigenvalue weighted by molar-refractivity contribution is 5.78. The molecule has 0 saturated carbocycles. The maximum Gasteiger partial charge on any atom is 0.118 e. The highest BCUT2D eigenvalue weighted by Crippen LogP contribution is 1.94. The van der Waals surface area contributed by atoms with Gasteiger partial charge in [-0.2, -0.15) is 0 Å². The molecule has 0 amide bonds. The van der Waals surface area contributed by atoms with Gasteiger partial charge in [-0.05, 0) is 6.42 Å². The number of hydrogen-bond donors (Lipinski definition) is 2. The lowest BCUT2D eigenvalue weighted by Gasteiger charge is -2.12. The monoisotopic (exact) mass is 100 g/mol. The maximum atomic E-state index is 6.95. The lowest BCUT2D eigenvalue weighted by atomic mass is 10.3. The number of hydroxylamine groups is 1. The highest BCUT2D eigenvalue weighted by Gasteiger charge is 2.01. The van der Waals surface area contributed by atoms with E-state index in [1.54, 1.807) is 0 Å². The van der Waals surface area contributed by atoms with Crippen molar-refractivity contribution in [1.29, 1.82) is 5.41 Å². The van der Waals surface area contributed by atoms with E-state index < -0.39 is 0 Å². The van der Waals surface area contributed by atoms with Gasteiger partial charge in [0.05, 0.1) is 6.61 Å². The second-order valence-electron chi connectivity index (χ2n) is 1.53. The van der Waals surface area contributed by atoms with Crippen LogP contribution in [0.5, 0.6) is 0 Å². The SMILES string of the molecule is N=C1CCCON1. The Morgan fingerprint density at radius 1 is 1.71 bits per heavy atom. The molecular weight excluding hydrogens is 92.1 g/mol. The Morgan fingerprint density at radius 2 is 2.57 bits per heavy atom. The van der Waals surface area contributed by atoms with Crippen LogP contribution in [-0.2, 0) is 4.84 Å². The van der Waals surface area contributed by atoms with E-state index >= 15 is 0 Å². The molecule has 1 aliphatic heterocycles. The fourth-order valence-corrected chi connectivity index (χ4v) is 0.510. The van der Waals surface area contributed by atoms with Crippen LogP contribution in [0.15, 0.2) is 0 Å². The average molecular weight is 100 g/mol. The molecule has 2 N–H and O–H groups in total. The zero-order chi connectivity index (χ0) is 5.11. The highest BCUT2D eigenvalue weighted by atomic mass is 16.6. The van der Waals surface area contributed by atoms with Gasteiger partial charge >= 0.3 is 0 Å². The van der Waals surface area contributed by atoms with Crippen LogP contribution >= 0.6 is 0 Å². The molecule has 0 aliphatic carbocycles. The standard InChI is InChI=1S/C4H8N2O/c5-4-2-1-3-7-6-4/h1-3H2,(H2,5,6). The molecule has 0 aromatic carbocycles. The molecule has 40 valence electrons. The van der Waals surface area contributed by atoms with E-state index in [-0.39, 0.29) is 0 Å². The minimum atomic E-state index is 0.492. The summed E-state index contributed by atoms with van der Waals surface area (Å²) < 4.78 is 0. The zero-order valence-electron chi connectivity index (χ0n) is 4.03. The molecule has 1 heterocycles. The third-order valence-electron chi connectivity index (χ3n) is 0.869. The molecular formula is C4H8N2O. The first-order valence-corrected chi connectivity index (χ1v) is 2.35. The fourth-order valence-electron chi connectivity index (χ4n) is 0.510. The molecule has 0 radical (unpaired) electrons. The van der Waals surface area contributed by atoms with Crippen molar-refractivity contribution in [3.8, 4) is 0 Å². The summed E-state index contributed by atoms with van der Waals surface area (Å²) in [5, 5.41) is 6.95. The first kappa shape index (κ1) is 4.59. The van der Waals surface area contributed by atoms with E-state index in [9.17, 15) is 0 Å². The fraction of sp³-hybridized carbons (Fsp3) is 0.750. The van der Waals surface area contributed by atoms with E-state index in [4.69, 9.17) is 10.2 Å². The minimum absolute atomic E-state index is 0.492. The van der Waals surface area contributed by atoms with Gasteiger partial charge in [0.15, 0.2) is 0 Å². The first-order chi connectivity index (χ1) is 3.39. The molecule has 3 heteroatoms. The van der Waals surface area contributed by atoms with E-state index in [1.807, 2.05) is 0 Å². The Bertz CT molecular complexity index is 73.8. The number of amidine groups is 1. The molecule has 1 saturated heterocycles. The quantitative estimate of drug-likeness (QED) is 0.459. The predicted molar refractivity (Wildman–Crippen MR) is 26.0 cm³/mol. The molecule has 1 aliphatic rings. The summed E-state index contributed by atoms with van der Waals surface area (Å²) in [7, 11) is 0. The molecule has 7 heavy (non-hydrogen) atoms. The first-order valence-electron chi connectivity index (χ1n) is 2.35. The van der Waals surface area contributed by atoms with Crippen LogP contribution in [0.25, 0.3) is 0 Å². The average Bonchev–Trinajstić information content (AvgIpc) is 1.69. The van der Waals surface area contributed by atoms with Crippen LogP contribution in [0.3, 0.4) is 0 Å². The van der Waals surface area contributed by atoms with Crippen molar-refractivity contribution in [2.24, 2.45) is 0 Å². The van der Waals surface area contributed by atoms with Crippen molar-refractivity contribution in [3.05, 3.63) is 0 Å². The molecule has 0 aromatic heterocycles. The van der Waals surface area contributed by atoms with E-state index in [2.05, 4.69) is 5.48 Å². The maximum absolute atomic E-state index is 6.95. The van der Waals surface area contributed by atoms with Gasteiger partial charge in [0.1, 0.15) is 5.84 Å². The second-order valence-corrected chi connectivity index (χ2v) is 1.53. The zero-order valence-corrected chi connectivity index (χ0v) is 4.03. The Kier molecular flexibility index (Phi) is 1.26. The summed E-state index contributed by atoms with van der Waals surface area (Å²) in [6, 6.07) is 0. The topological polar surface area (TPSA) is 45.1 Å². The summed E-state index contributed by atoms with van der Waals surface area (Å²) >= 11 is 0. The predicted octanol–water partition coefficient (Wildman–Crippen LogP) is 0.279. The smallest absolute Gasteiger partial charge is 0.118 e. The van der Waals surface area contributed by atoms with Crippen LogP contribution < -0.4 is 5.48 Å². The summed E-state index contributed by atoms with van der Waals surface area (Å²) in [6.07, 6.45) is 1.81. The number of rotatable bonds is 0. The molecule has 0 atom stereocenters. The molecule has 3 nitrogen and oxygen atoms in total. The van der Waals surface area contributed by atoms with Crippen LogP contribution in [0.1, 0.15) is 12.8 Å². The van der Waals surface area contributed by atoms with E-state index in [0.29, 0.717) is 5.84 Å². The van der Waals surface area contributed by atoms with Crippen molar-refractivity contribution < 1.29 is 4.84 Å². The summed E-state index contributed by atoms with van der Waals surface area (Å²) in [5.41, 5.74) is 2.47. The van der Waals surface area contributed by atoms with Gasteiger partial charge in [-0.1, -0.05) is 0 Å². The summed E-state index contributed by atoms with van der Waals surface area (Å²) in [6.45, 7) is 0.738. The van der Waals surface area contributed by atoms with Crippen molar-refractivity contribution in [2.75, 3.05) is 6.61 Å². The van der Waals surface area contributed by atoms with E-state index in [0.717, 1.165) is 19.4 Å². The third-order valence-corrected chi connectivity index (χ3v) is 0.869. The Balaban J connectivity index is 2.25. The largest absolute Gasteiger partial charge is 0.287 e. The van der Waals surface area contributed by atoms with Gasteiger partial charge < -0.3 is 0 Å². The summed E-state index contributed by atoms with van der Waals surface area (Å²) in [4.78, 5) is 4.71. The van der Waals surface area contributed by atoms with Gasteiger partial charge in [0.2, 0.25) is 0 Å². The third kappa shape index (κ3) is 1.16. The van der Waals surface area contributed by atoms with Gasteiger partial charge in [-0.25, -0.2) is 0 Å². The minimum Gasteiger partial charge on any atom is -0.287 e. The second kappa shape index (κ2) is 1.93. The molecule has 1 rings (SSSR count). The molecule has 1 fully saturated rings. The van der Waals surface area contributed by atoms with Gasteiger partial charge in [0.25, 0.3) is 0 Å². The molecule has 0 aromatic rings. The molecule has 0 bridgehead atoms. The van der Waals surface area contributed by atoms with Crippen LogP contribution in [0.4, 0.5) is 0 Å². The number of hydrogen-bond acceptors (Lipinski definition) is 2. The van der Waals surface area contributed by atoms with Crippen molar-refractivity contribution in [3.63, 3.8) is 0 Å². The lowest BCUT2D eigenvalue weighted by molar-refractivity contribution is 0.0670. The lowest BCUT2D eigenvalue weighted by Crippen LogP contribution is -2.28. The Hall–Kier alpha value is -0.570. The number of nitrogens with one attached hydrogen (secondary N) is 2. The van der Waals surface area contributed by atoms with Crippen molar-refractivity contribution >= 4 is 5.84 Å². The summed E-state index contributed by atoms with van der Waals surface area (Å²) in [5.74, 6) is 0.492. The normalized spacial score (nSPS) is 21.4. The van der Waals surface area contributed by atoms with Crippen molar-refractivity contribution in [1.82, 2.24) is 5.48 Å². The molecule has 0 unspecified atom stereocenters. The van der Waals surface area contributed by atoms with Crippen molar-refractivity contribution in [2.45, 2.75) is 12.8 Å². The van der Waals surface area contributed by atoms with Crippen LogP contribution in [0.2, 0.25) is 0 Å². The van der Waals surface area contributed by atoms with Crippen LogP contribution in [0, 0.1) is 5.41 Å². The van der Waals surface area contributed by atoms with E-state index in [1.165, 1.54) is 0 Å². The molecule has 0 spiro atoms. The van der Waals surface area contributed by atoms with Crippen LogP contribution in [-0.4, -0.2) is 12.4 Å². The van der Waals surface area contributed by atoms with Gasteiger partial charge in [-0.15, -0.1) is 0 Å². The van der Waals surface area contributed by atoms with Gasteiger partial charge in [-0.3, -0.25) is 15.7 Å². The Labute approximate surface area is 42.1 Å². The Morgan fingerprint density at radius 3 is 2.86 bits per heavy atom. The van der Waals surface area contributed by atoms with Gasteiger partial charge in [0, 0.05) is 6.42 Å².